The van der Waals surface area contributed by atoms with Gasteiger partial charge in [0.2, 0.25) is 0 Å². The van der Waals surface area contributed by atoms with Crippen LogP contribution in [-0.2, 0) is 14.3 Å². The Labute approximate surface area is 146 Å². The van der Waals surface area contributed by atoms with Gasteiger partial charge in [0.25, 0.3) is 5.79 Å². The Bertz CT molecular complexity index is 699. The summed E-state index contributed by atoms with van der Waals surface area (Å²) in [5.41, 5.74) is 0.525. The van der Waals surface area contributed by atoms with E-state index >= 15 is 0 Å². The van der Waals surface area contributed by atoms with Gasteiger partial charge in [-0.1, -0.05) is 0 Å². The molecule has 1 saturated heterocycles. The van der Waals surface area contributed by atoms with Crippen molar-refractivity contribution in [3.63, 3.8) is 0 Å². The van der Waals surface area contributed by atoms with Gasteiger partial charge in [-0.3, -0.25) is 9.59 Å². The summed E-state index contributed by atoms with van der Waals surface area (Å²) in [5, 5.41) is 2.66. The molecule has 2 amide bonds. The van der Waals surface area contributed by atoms with Crippen LogP contribution in [0.3, 0.4) is 0 Å². The van der Waals surface area contributed by atoms with Gasteiger partial charge in [-0.2, -0.15) is 0 Å². The molecule has 0 radical (unpaired) electrons. The average Bonchev–Trinajstić information content (AvgIpc) is 3.20. The number of fused-ring (bicyclic) bond motifs is 1. The zero-order valence-corrected chi connectivity index (χ0v) is 14.2. The number of hydrogen-bond donors (Lipinski definition) is 1. The van der Waals surface area contributed by atoms with Gasteiger partial charge in [-0.05, 0) is 31.9 Å². The summed E-state index contributed by atoms with van der Waals surface area (Å²) in [6.07, 6.45) is 3.86. The van der Waals surface area contributed by atoms with Crippen LogP contribution in [0.1, 0.15) is 32.6 Å². The van der Waals surface area contributed by atoms with Crippen LogP contribution in [0.5, 0.6) is 11.5 Å². The van der Waals surface area contributed by atoms with Gasteiger partial charge >= 0.3 is 11.8 Å². The first kappa shape index (κ1) is 16.2. The highest BCUT2D eigenvalue weighted by molar-refractivity contribution is 6.39. The zero-order valence-electron chi connectivity index (χ0n) is 14.2. The first-order valence-electron chi connectivity index (χ1n) is 8.79. The van der Waals surface area contributed by atoms with Crippen LogP contribution >= 0.6 is 0 Å². The highest BCUT2D eigenvalue weighted by atomic mass is 16.7. The maximum absolute atomic E-state index is 12.3. The lowest BCUT2D eigenvalue weighted by atomic mass is 10.2. The average molecular weight is 346 g/mol. The largest absolute Gasteiger partial charge is 0.448 e. The molecule has 25 heavy (non-hydrogen) atoms. The zero-order chi connectivity index (χ0) is 17.4. The second-order valence-electron chi connectivity index (χ2n) is 6.87. The molecule has 2 fully saturated rings. The molecular formula is C18H22N2O5. The van der Waals surface area contributed by atoms with Crippen molar-refractivity contribution in [2.45, 2.75) is 44.5 Å². The smallest absolute Gasteiger partial charge is 0.313 e. The predicted octanol–water partition coefficient (Wildman–Crippen LogP) is 1.91. The standard InChI is InChI=1S/C18H22N2O5/c1-12-11-20(8-9-23-12)17(22)16(21)19-13-4-5-14-15(10-13)25-18(24-14)6-2-3-7-18/h4-5,10,12H,2-3,6-9,11H2,1H3,(H,19,21)/t12-/m0/s1. The fraction of sp³-hybridized carbons (Fsp3) is 0.556. The number of benzene rings is 1. The van der Waals surface area contributed by atoms with E-state index < -0.39 is 17.6 Å². The lowest BCUT2D eigenvalue weighted by molar-refractivity contribution is -0.147. The molecule has 4 rings (SSSR count). The molecular weight excluding hydrogens is 324 g/mol. The molecule has 1 spiro atoms. The number of anilines is 1. The van der Waals surface area contributed by atoms with Crippen molar-refractivity contribution >= 4 is 17.5 Å². The molecule has 2 heterocycles. The fourth-order valence-corrected chi connectivity index (χ4v) is 3.62. The summed E-state index contributed by atoms with van der Waals surface area (Å²) in [4.78, 5) is 26.1. The Morgan fingerprint density at radius 1 is 1.20 bits per heavy atom. The number of nitrogens with zero attached hydrogens (tertiary/aromatic N) is 1. The van der Waals surface area contributed by atoms with Gasteiger partial charge in [-0.25, -0.2) is 0 Å². The second-order valence-corrected chi connectivity index (χ2v) is 6.87. The van der Waals surface area contributed by atoms with Gasteiger partial charge in [0.1, 0.15) is 0 Å². The van der Waals surface area contributed by atoms with E-state index in [0.717, 1.165) is 25.7 Å². The lowest BCUT2D eigenvalue weighted by Gasteiger charge is -2.30. The van der Waals surface area contributed by atoms with E-state index in [4.69, 9.17) is 14.2 Å². The summed E-state index contributed by atoms with van der Waals surface area (Å²) in [5.74, 6) is -0.422. The van der Waals surface area contributed by atoms with Crippen molar-refractivity contribution in [2.75, 3.05) is 25.0 Å². The Morgan fingerprint density at radius 3 is 2.72 bits per heavy atom. The van der Waals surface area contributed by atoms with Crippen molar-refractivity contribution in [3.8, 4) is 11.5 Å². The van der Waals surface area contributed by atoms with Gasteiger partial charge in [0, 0.05) is 37.7 Å². The number of amides is 2. The van der Waals surface area contributed by atoms with E-state index in [2.05, 4.69) is 5.32 Å². The van der Waals surface area contributed by atoms with Crippen LogP contribution in [0.4, 0.5) is 5.69 Å². The van der Waals surface area contributed by atoms with Crippen LogP contribution in [-0.4, -0.2) is 48.3 Å². The van der Waals surface area contributed by atoms with Crippen molar-refractivity contribution in [1.29, 1.82) is 0 Å². The van der Waals surface area contributed by atoms with E-state index in [1.807, 2.05) is 6.92 Å². The van der Waals surface area contributed by atoms with Gasteiger partial charge in [0.15, 0.2) is 11.5 Å². The fourth-order valence-electron chi connectivity index (χ4n) is 3.62. The van der Waals surface area contributed by atoms with Crippen LogP contribution in [0, 0.1) is 0 Å². The SMILES string of the molecule is C[C@H]1CN(C(=O)C(=O)Nc2ccc3c(c2)OC2(CCCC2)O3)CCO1. The molecule has 1 aliphatic carbocycles. The molecule has 0 aromatic heterocycles. The minimum absolute atomic E-state index is 0.0568. The highest BCUT2D eigenvalue weighted by Crippen LogP contribution is 2.47. The number of rotatable bonds is 1. The molecule has 0 bridgehead atoms. The van der Waals surface area contributed by atoms with Crippen molar-refractivity contribution in [2.24, 2.45) is 0 Å². The summed E-state index contributed by atoms with van der Waals surface area (Å²) in [6, 6.07) is 5.22. The minimum atomic E-state index is -0.649. The Hall–Kier alpha value is -2.28. The summed E-state index contributed by atoms with van der Waals surface area (Å²) < 4.78 is 17.3. The van der Waals surface area contributed by atoms with E-state index in [1.165, 1.54) is 4.90 Å². The van der Waals surface area contributed by atoms with E-state index in [-0.39, 0.29) is 6.10 Å². The molecule has 1 N–H and O–H groups in total. The number of ether oxygens (including phenoxy) is 3. The number of hydrogen-bond acceptors (Lipinski definition) is 5. The molecule has 7 heteroatoms. The third-order valence-corrected chi connectivity index (χ3v) is 4.88. The highest BCUT2D eigenvalue weighted by Gasteiger charge is 2.44. The monoisotopic (exact) mass is 346 g/mol. The van der Waals surface area contributed by atoms with Crippen LogP contribution in [0.25, 0.3) is 0 Å². The molecule has 7 nitrogen and oxygen atoms in total. The summed E-state index contributed by atoms with van der Waals surface area (Å²) >= 11 is 0. The normalized spacial score (nSPS) is 23.7. The van der Waals surface area contributed by atoms with Crippen LogP contribution < -0.4 is 14.8 Å². The maximum atomic E-state index is 12.3. The molecule has 3 aliphatic rings. The summed E-state index contributed by atoms with van der Waals surface area (Å²) in [7, 11) is 0. The Kier molecular flexibility index (Phi) is 4.03. The molecule has 0 unspecified atom stereocenters. The number of nitrogens with one attached hydrogen (secondary N) is 1. The maximum Gasteiger partial charge on any atom is 0.313 e. The minimum Gasteiger partial charge on any atom is -0.448 e. The molecule has 1 aromatic rings. The molecule has 1 atom stereocenters. The first-order chi connectivity index (χ1) is 12.0. The number of morpholine rings is 1. The molecule has 1 aromatic carbocycles. The lowest BCUT2D eigenvalue weighted by Crippen LogP contribution is -2.48. The van der Waals surface area contributed by atoms with Crippen molar-refractivity contribution in [3.05, 3.63) is 18.2 Å². The third-order valence-electron chi connectivity index (χ3n) is 4.88. The van der Waals surface area contributed by atoms with E-state index in [0.29, 0.717) is 36.9 Å². The Morgan fingerprint density at radius 2 is 1.96 bits per heavy atom. The topological polar surface area (TPSA) is 77.1 Å². The van der Waals surface area contributed by atoms with Gasteiger partial charge < -0.3 is 24.4 Å². The van der Waals surface area contributed by atoms with Crippen molar-refractivity contribution < 1.29 is 23.8 Å². The van der Waals surface area contributed by atoms with E-state index in [9.17, 15) is 9.59 Å². The van der Waals surface area contributed by atoms with Crippen LogP contribution in [0.2, 0.25) is 0 Å². The van der Waals surface area contributed by atoms with Gasteiger partial charge in [0.05, 0.1) is 12.7 Å². The number of carbonyl (C=O) groups excluding carboxylic acids is 2. The second kappa shape index (κ2) is 6.22. The third kappa shape index (κ3) is 3.16. The van der Waals surface area contributed by atoms with Gasteiger partial charge in [-0.15, -0.1) is 0 Å². The van der Waals surface area contributed by atoms with Crippen molar-refractivity contribution in [1.82, 2.24) is 4.90 Å². The Balaban J connectivity index is 1.42. The predicted molar refractivity (Wildman–Crippen MR) is 89.5 cm³/mol. The summed E-state index contributed by atoms with van der Waals surface area (Å²) in [6.45, 7) is 3.19. The quantitative estimate of drug-likeness (QED) is 0.786. The number of carbonyl (C=O) groups is 2. The van der Waals surface area contributed by atoms with Crippen LogP contribution in [0.15, 0.2) is 18.2 Å². The molecule has 2 aliphatic heterocycles. The molecule has 1 saturated carbocycles. The first-order valence-corrected chi connectivity index (χ1v) is 8.79. The molecule has 134 valence electrons. The van der Waals surface area contributed by atoms with E-state index in [1.54, 1.807) is 18.2 Å².